The first-order valence-electron chi connectivity index (χ1n) is 6.81. The summed E-state index contributed by atoms with van der Waals surface area (Å²) in [5.74, 6) is -0.480. The maximum absolute atomic E-state index is 11.7. The van der Waals surface area contributed by atoms with Gasteiger partial charge in [-0.2, -0.15) is 0 Å². The molecule has 0 aliphatic heterocycles. The van der Waals surface area contributed by atoms with Crippen LogP contribution < -0.4 is 14.8 Å². The normalized spacial score (nSPS) is 11.8. The summed E-state index contributed by atoms with van der Waals surface area (Å²) in [6.45, 7) is 5.69. The molecule has 6 heteroatoms. The van der Waals surface area contributed by atoms with Gasteiger partial charge in [-0.1, -0.05) is 13.8 Å². The molecule has 1 rings (SSSR count). The maximum atomic E-state index is 11.7. The van der Waals surface area contributed by atoms with Crippen molar-refractivity contribution in [2.24, 2.45) is 5.92 Å². The first kappa shape index (κ1) is 16.8. The fourth-order valence-corrected chi connectivity index (χ4v) is 1.68. The summed E-state index contributed by atoms with van der Waals surface area (Å²) < 4.78 is 10.6. The number of benzene rings is 1. The van der Waals surface area contributed by atoms with E-state index < -0.39 is 17.9 Å². The Morgan fingerprint density at radius 2 is 1.67 bits per heavy atom. The van der Waals surface area contributed by atoms with Crippen molar-refractivity contribution in [1.29, 1.82) is 0 Å². The average molecular weight is 295 g/mol. The summed E-state index contributed by atoms with van der Waals surface area (Å²) in [7, 11) is 0. The Balaban J connectivity index is 2.47. The molecular weight excluding hydrogens is 274 g/mol. The van der Waals surface area contributed by atoms with Crippen LogP contribution in [0.15, 0.2) is 24.3 Å². The van der Waals surface area contributed by atoms with Crippen LogP contribution in [0.25, 0.3) is 0 Å². The van der Waals surface area contributed by atoms with Gasteiger partial charge >= 0.3 is 5.97 Å². The number of hydrogen-bond acceptors (Lipinski definition) is 4. The molecule has 0 unspecified atom stereocenters. The number of nitrogens with one attached hydrogen (secondary N) is 1. The molecule has 0 saturated carbocycles. The van der Waals surface area contributed by atoms with Gasteiger partial charge in [0.1, 0.15) is 17.5 Å². The number of rotatable bonds is 8. The Morgan fingerprint density at radius 1 is 1.14 bits per heavy atom. The second-order valence-electron chi connectivity index (χ2n) is 4.82. The third-order valence-electron chi connectivity index (χ3n) is 2.75. The van der Waals surface area contributed by atoms with Crippen LogP contribution in [0.2, 0.25) is 0 Å². The molecule has 0 spiro atoms. The quantitative estimate of drug-likeness (QED) is 0.762. The molecule has 0 saturated heterocycles. The SMILES string of the molecule is CCOc1ccc(OCC(=O)N[C@@H](C(=O)O)C(C)C)cc1. The molecule has 1 atom stereocenters. The number of carbonyl (C=O) groups is 2. The number of hydrogen-bond donors (Lipinski definition) is 2. The minimum absolute atomic E-state index is 0.197. The number of amides is 1. The number of carbonyl (C=O) groups excluding carboxylic acids is 1. The number of aliphatic carboxylic acids is 1. The zero-order valence-electron chi connectivity index (χ0n) is 12.5. The predicted octanol–water partition coefficient (Wildman–Crippen LogP) is 1.69. The van der Waals surface area contributed by atoms with Crippen LogP contribution in [0.1, 0.15) is 20.8 Å². The van der Waals surface area contributed by atoms with E-state index in [-0.39, 0.29) is 12.5 Å². The van der Waals surface area contributed by atoms with Crippen molar-refractivity contribution in [3.05, 3.63) is 24.3 Å². The minimum atomic E-state index is -1.06. The van der Waals surface area contributed by atoms with Gasteiger partial charge in [-0.3, -0.25) is 4.79 Å². The van der Waals surface area contributed by atoms with Crippen molar-refractivity contribution in [2.75, 3.05) is 13.2 Å². The Kier molecular flexibility index (Phi) is 6.52. The van der Waals surface area contributed by atoms with Crippen molar-refractivity contribution in [2.45, 2.75) is 26.8 Å². The topological polar surface area (TPSA) is 84.9 Å². The van der Waals surface area contributed by atoms with Gasteiger partial charge in [0.15, 0.2) is 6.61 Å². The van der Waals surface area contributed by atoms with Crippen LogP contribution in [-0.4, -0.2) is 36.2 Å². The second kappa shape index (κ2) is 8.14. The molecule has 21 heavy (non-hydrogen) atoms. The fourth-order valence-electron chi connectivity index (χ4n) is 1.68. The minimum Gasteiger partial charge on any atom is -0.494 e. The van der Waals surface area contributed by atoms with Crippen molar-refractivity contribution in [3.63, 3.8) is 0 Å². The molecule has 1 aromatic rings. The lowest BCUT2D eigenvalue weighted by Crippen LogP contribution is -2.46. The third kappa shape index (κ3) is 5.72. The zero-order valence-corrected chi connectivity index (χ0v) is 12.5. The highest BCUT2D eigenvalue weighted by Crippen LogP contribution is 2.17. The molecule has 0 bridgehead atoms. The fraction of sp³-hybridized carbons (Fsp3) is 0.467. The van der Waals surface area contributed by atoms with Crippen molar-refractivity contribution < 1.29 is 24.2 Å². The number of carboxylic acids is 1. The van der Waals surface area contributed by atoms with Gasteiger partial charge in [0.2, 0.25) is 0 Å². The van der Waals surface area contributed by atoms with E-state index in [9.17, 15) is 9.59 Å². The molecular formula is C15H21NO5. The summed E-state index contributed by atoms with van der Waals surface area (Å²) in [4.78, 5) is 22.7. The molecule has 0 fully saturated rings. The molecule has 2 N–H and O–H groups in total. The number of ether oxygens (including phenoxy) is 2. The van der Waals surface area contributed by atoms with E-state index in [1.807, 2.05) is 6.92 Å². The lowest BCUT2D eigenvalue weighted by molar-refractivity contribution is -0.143. The monoisotopic (exact) mass is 295 g/mol. The molecule has 116 valence electrons. The van der Waals surface area contributed by atoms with Crippen LogP contribution in [0.4, 0.5) is 0 Å². The predicted molar refractivity (Wildman–Crippen MR) is 77.5 cm³/mol. The molecule has 0 heterocycles. The van der Waals surface area contributed by atoms with Crippen molar-refractivity contribution in [3.8, 4) is 11.5 Å². The largest absolute Gasteiger partial charge is 0.494 e. The van der Waals surface area contributed by atoms with Crippen LogP contribution in [0.5, 0.6) is 11.5 Å². The van der Waals surface area contributed by atoms with Crippen molar-refractivity contribution >= 4 is 11.9 Å². The summed E-state index contributed by atoms with van der Waals surface area (Å²) in [6.07, 6.45) is 0. The molecule has 0 aliphatic carbocycles. The van der Waals surface area contributed by atoms with Gasteiger partial charge in [0, 0.05) is 0 Å². The van der Waals surface area contributed by atoms with Crippen LogP contribution in [0, 0.1) is 5.92 Å². The average Bonchev–Trinajstić information content (AvgIpc) is 2.43. The van der Waals surface area contributed by atoms with Crippen LogP contribution >= 0.6 is 0 Å². The molecule has 0 aliphatic rings. The molecule has 1 aromatic carbocycles. The Labute approximate surface area is 124 Å². The van der Waals surface area contributed by atoms with Gasteiger partial charge in [-0.25, -0.2) is 4.79 Å². The van der Waals surface area contributed by atoms with E-state index in [0.29, 0.717) is 12.4 Å². The molecule has 6 nitrogen and oxygen atoms in total. The summed E-state index contributed by atoms with van der Waals surface area (Å²) in [6, 6.07) is 5.95. The second-order valence-corrected chi connectivity index (χ2v) is 4.82. The highest BCUT2D eigenvalue weighted by Gasteiger charge is 2.23. The Morgan fingerprint density at radius 3 is 2.10 bits per heavy atom. The van der Waals surface area contributed by atoms with Gasteiger partial charge in [0.05, 0.1) is 6.61 Å². The van der Waals surface area contributed by atoms with E-state index in [0.717, 1.165) is 5.75 Å². The lowest BCUT2D eigenvalue weighted by Gasteiger charge is -2.18. The van der Waals surface area contributed by atoms with E-state index in [1.54, 1.807) is 38.1 Å². The van der Waals surface area contributed by atoms with E-state index in [1.165, 1.54) is 0 Å². The van der Waals surface area contributed by atoms with Crippen LogP contribution in [0.3, 0.4) is 0 Å². The van der Waals surface area contributed by atoms with Gasteiger partial charge < -0.3 is 19.9 Å². The van der Waals surface area contributed by atoms with E-state index in [2.05, 4.69) is 5.32 Å². The summed E-state index contributed by atoms with van der Waals surface area (Å²) >= 11 is 0. The van der Waals surface area contributed by atoms with Gasteiger partial charge in [-0.15, -0.1) is 0 Å². The van der Waals surface area contributed by atoms with Gasteiger partial charge in [-0.05, 0) is 37.1 Å². The first-order valence-corrected chi connectivity index (χ1v) is 6.81. The standard InChI is InChI=1S/C15H21NO5/c1-4-20-11-5-7-12(8-6-11)21-9-13(17)16-14(10(2)3)15(18)19/h5-8,10,14H,4,9H2,1-3H3,(H,16,17)(H,18,19)/t14-/m1/s1. The molecule has 1 amide bonds. The Hall–Kier alpha value is -2.24. The van der Waals surface area contributed by atoms with E-state index >= 15 is 0 Å². The Bertz CT molecular complexity index is 469. The third-order valence-corrected chi connectivity index (χ3v) is 2.75. The highest BCUT2D eigenvalue weighted by molar-refractivity contribution is 5.84. The van der Waals surface area contributed by atoms with Crippen molar-refractivity contribution in [1.82, 2.24) is 5.32 Å². The van der Waals surface area contributed by atoms with Gasteiger partial charge in [0.25, 0.3) is 5.91 Å². The molecule has 0 radical (unpaired) electrons. The number of carboxylic acid groups (broad SMARTS) is 1. The summed E-state index contributed by atoms with van der Waals surface area (Å²) in [5, 5.41) is 11.4. The zero-order chi connectivity index (χ0) is 15.8. The lowest BCUT2D eigenvalue weighted by atomic mass is 10.1. The van der Waals surface area contributed by atoms with Crippen LogP contribution in [-0.2, 0) is 9.59 Å². The molecule has 0 aromatic heterocycles. The summed E-state index contributed by atoms with van der Waals surface area (Å²) in [5.41, 5.74) is 0. The highest BCUT2D eigenvalue weighted by atomic mass is 16.5. The first-order chi connectivity index (χ1) is 9.93. The smallest absolute Gasteiger partial charge is 0.326 e. The maximum Gasteiger partial charge on any atom is 0.326 e. The van der Waals surface area contributed by atoms with E-state index in [4.69, 9.17) is 14.6 Å².